The molecule has 0 radical (unpaired) electrons. The van der Waals surface area contributed by atoms with Gasteiger partial charge in [0.15, 0.2) is 0 Å². The van der Waals surface area contributed by atoms with Gasteiger partial charge in [-0.25, -0.2) is 9.37 Å². The molecular formula is C16H14BrFN2. The summed E-state index contributed by atoms with van der Waals surface area (Å²) in [5.41, 5.74) is 2.68. The summed E-state index contributed by atoms with van der Waals surface area (Å²) in [6.07, 6.45) is 0.826. The maximum atomic E-state index is 14.0. The van der Waals surface area contributed by atoms with Crippen LogP contribution in [0.4, 0.5) is 4.39 Å². The maximum Gasteiger partial charge on any atom is 0.129 e. The first-order valence-electron chi connectivity index (χ1n) is 6.57. The van der Waals surface area contributed by atoms with Gasteiger partial charge in [-0.2, -0.15) is 0 Å². The van der Waals surface area contributed by atoms with E-state index in [9.17, 15) is 4.39 Å². The van der Waals surface area contributed by atoms with Gasteiger partial charge in [-0.3, -0.25) is 0 Å². The Morgan fingerprint density at radius 1 is 1.20 bits per heavy atom. The van der Waals surface area contributed by atoms with E-state index in [-0.39, 0.29) is 5.82 Å². The predicted octanol–water partition coefficient (Wildman–Crippen LogP) is 4.55. The van der Waals surface area contributed by atoms with Crippen molar-refractivity contribution < 1.29 is 4.39 Å². The molecule has 1 aromatic heterocycles. The number of imidazole rings is 1. The Balaban J connectivity index is 2.09. The third-order valence-corrected chi connectivity index (χ3v) is 3.89. The van der Waals surface area contributed by atoms with E-state index in [0.29, 0.717) is 12.1 Å². The number of nitrogens with zero attached hydrogens (tertiary/aromatic N) is 2. The van der Waals surface area contributed by atoms with Crippen LogP contribution in [0, 0.1) is 5.82 Å². The summed E-state index contributed by atoms with van der Waals surface area (Å²) in [5.74, 6) is 0.785. The van der Waals surface area contributed by atoms with Crippen molar-refractivity contribution in [1.29, 1.82) is 0 Å². The van der Waals surface area contributed by atoms with Gasteiger partial charge in [0.1, 0.15) is 11.6 Å². The molecule has 0 N–H and O–H groups in total. The lowest BCUT2D eigenvalue weighted by molar-refractivity contribution is 0.597. The van der Waals surface area contributed by atoms with Crippen LogP contribution in [-0.4, -0.2) is 9.55 Å². The van der Waals surface area contributed by atoms with Crippen LogP contribution in [-0.2, 0) is 13.0 Å². The topological polar surface area (TPSA) is 17.8 Å². The minimum atomic E-state index is -0.195. The van der Waals surface area contributed by atoms with Gasteiger partial charge in [0.2, 0.25) is 0 Å². The van der Waals surface area contributed by atoms with Crippen LogP contribution in [0.25, 0.3) is 11.0 Å². The Morgan fingerprint density at radius 3 is 2.75 bits per heavy atom. The van der Waals surface area contributed by atoms with Gasteiger partial charge in [0.05, 0.1) is 17.6 Å². The van der Waals surface area contributed by atoms with E-state index in [4.69, 9.17) is 0 Å². The molecule has 3 aromatic rings. The van der Waals surface area contributed by atoms with Gasteiger partial charge in [0.25, 0.3) is 0 Å². The van der Waals surface area contributed by atoms with Crippen molar-refractivity contribution in [2.24, 2.45) is 0 Å². The SMILES string of the molecule is CCc1nc2ccccc2n1Cc1ccc(Br)cc1F. The normalized spacial score (nSPS) is 11.2. The second-order valence-electron chi connectivity index (χ2n) is 4.69. The van der Waals surface area contributed by atoms with Gasteiger partial charge >= 0.3 is 0 Å². The van der Waals surface area contributed by atoms with Gasteiger partial charge < -0.3 is 4.57 Å². The molecule has 0 spiro atoms. The van der Waals surface area contributed by atoms with Crippen molar-refractivity contribution in [3.05, 3.63) is 64.1 Å². The first kappa shape index (κ1) is 13.3. The number of rotatable bonds is 3. The van der Waals surface area contributed by atoms with Gasteiger partial charge in [-0.05, 0) is 24.3 Å². The smallest absolute Gasteiger partial charge is 0.129 e. The fourth-order valence-electron chi connectivity index (χ4n) is 2.39. The molecule has 1 heterocycles. The van der Waals surface area contributed by atoms with E-state index < -0.39 is 0 Å². The molecule has 2 aromatic carbocycles. The Hall–Kier alpha value is -1.68. The van der Waals surface area contributed by atoms with Gasteiger partial charge in [-0.15, -0.1) is 0 Å². The van der Waals surface area contributed by atoms with E-state index in [2.05, 4.69) is 32.4 Å². The van der Waals surface area contributed by atoms with Crippen LogP contribution < -0.4 is 0 Å². The summed E-state index contributed by atoms with van der Waals surface area (Å²) in [5, 5.41) is 0. The zero-order valence-electron chi connectivity index (χ0n) is 11.1. The summed E-state index contributed by atoms with van der Waals surface area (Å²) in [6, 6.07) is 13.1. The van der Waals surface area contributed by atoms with E-state index in [1.807, 2.05) is 36.4 Å². The second kappa shape index (κ2) is 5.37. The molecule has 2 nitrogen and oxygen atoms in total. The van der Waals surface area contributed by atoms with Crippen molar-refractivity contribution >= 4 is 27.0 Å². The summed E-state index contributed by atoms with van der Waals surface area (Å²) in [4.78, 5) is 4.61. The number of aromatic nitrogens is 2. The van der Waals surface area contributed by atoms with Gasteiger partial charge in [0, 0.05) is 16.5 Å². The standard InChI is InChI=1S/C16H14BrFN2/c1-2-16-19-14-5-3-4-6-15(14)20(16)10-11-7-8-12(17)9-13(11)18/h3-9H,2,10H2,1H3. The zero-order valence-corrected chi connectivity index (χ0v) is 12.7. The highest BCUT2D eigenvalue weighted by Gasteiger charge is 2.11. The van der Waals surface area contributed by atoms with E-state index in [1.54, 1.807) is 0 Å². The molecule has 102 valence electrons. The zero-order chi connectivity index (χ0) is 14.1. The van der Waals surface area contributed by atoms with Crippen molar-refractivity contribution in [2.45, 2.75) is 19.9 Å². The monoisotopic (exact) mass is 332 g/mol. The third-order valence-electron chi connectivity index (χ3n) is 3.39. The fraction of sp³-hybridized carbons (Fsp3) is 0.188. The van der Waals surface area contributed by atoms with Crippen LogP contribution in [0.15, 0.2) is 46.9 Å². The lowest BCUT2D eigenvalue weighted by atomic mass is 10.2. The predicted molar refractivity (Wildman–Crippen MR) is 82.3 cm³/mol. The highest BCUT2D eigenvalue weighted by molar-refractivity contribution is 9.10. The Bertz CT molecular complexity index is 764. The van der Waals surface area contributed by atoms with Crippen LogP contribution in [0.3, 0.4) is 0 Å². The van der Waals surface area contributed by atoms with E-state index in [1.165, 1.54) is 6.07 Å². The molecule has 0 saturated carbocycles. The summed E-state index contributed by atoms with van der Waals surface area (Å²) >= 11 is 3.28. The first-order valence-corrected chi connectivity index (χ1v) is 7.36. The molecule has 3 rings (SSSR count). The molecule has 0 unspecified atom stereocenters. The largest absolute Gasteiger partial charge is 0.323 e. The number of aryl methyl sites for hydroxylation is 1. The average Bonchev–Trinajstić information content (AvgIpc) is 2.80. The fourth-order valence-corrected chi connectivity index (χ4v) is 2.73. The number of fused-ring (bicyclic) bond motifs is 1. The minimum Gasteiger partial charge on any atom is -0.323 e. The first-order chi connectivity index (χ1) is 9.69. The Kier molecular flexibility index (Phi) is 3.57. The van der Waals surface area contributed by atoms with E-state index >= 15 is 0 Å². The number of hydrogen-bond acceptors (Lipinski definition) is 1. The van der Waals surface area contributed by atoms with Crippen LogP contribution in [0.5, 0.6) is 0 Å². The number of benzene rings is 2. The van der Waals surface area contributed by atoms with Gasteiger partial charge in [-0.1, -0.05) is 41.1 Å². The van der Waals surface area contributed by atoms with Crippen LogP contribution in [0.2, 0.25) is 0 Å². The lowest BCUT2D eigenvalue weighted by Gasteiger charge is -2.09. The molecule has 0 amide bonds. The average molecular weight is 333 g/mol. The molecule has 0 aliphatic heterocycles. The molecular weight excluding hydrogens is 319 g/mol. The summed E-state index contributed by atoms with van der Waals surface area (Å²) in [7, 11) is 0. The molecule has 0 atom stereocenters. The molecule has 0 saturated heterocycles. The summed E-state index contributed by atoms with van der Waals surface area (Å²) in [6.45, 7) is 2.57. The molecule has 0 aliphatic carbocycles. The van der Waals surface area contributed by atoms with Crippen molar-refractivity contribution in [3.8, 4) is 0 Å². The highest BCUT2D eigenvalue weighted by atomic mass is 79.9. The van der Waals surface area contributed by atoms with E-state index in [0.717, 1.165) is 27.8 Å². The van der Waals surface area contributed by atoms with Crippen LogP contribution in [0.1, 0.15) is 18.3 Å². The molecule has 4 heteroatoms. The lowest BCUT2D eigenvalue weighted by Crippen LogP contribution is -2.06. The summed E-state index contributed by atoms with van der Waals surface area (Å²) < 4.78 is 16.9. The number of hydrogen-bond donors (Lipinski definition) is 0. The molecule has 20 heavy (non-hydrogen) atoms. The van der Waals surface area contributed by atoms with Crippen molar-refractivity contribution in [1.82, 2.24) is 9.55 Å². The minimum absolute atomic E-state index is 0.195. The third kappa shape index (κ3) is 2.36. The second-order valence-corrected chi connectivity index (χ2v) is 5.61. The Morgan fingerprint density at radius 2 is 2.00 bits per heavy atom. The van der Waals surface area contributed by atoms with Crippen molar-refractivity contribution in [2.75, 3.05) is 0 Å². The molecule has 0 aliphatic rings. The quantitative estimate of drug-likeness (QED) is 0.688. The highest BCUT2D eigenvalue weighted by Crippen LogP contribution is 2.21. The molecule has 0 fully saturated rings. The molecule has 0 bridgehead atoms. The van der Waals surface area contributed by atoms with Crippen LogP contribution >= 0.6 is 15.9 Å². The number of para-hydroxylation sites is 2. The number of halogens is 2. The maximum absolute atomic E-state index is 14.0. The Labute approximate surface area is 125 Å². The van der Waals surface area contributed by atoms with Crippen molar-refractivity contribution in [3.63, 3.8) is 0 Å².